The number of aliphatic hydroxyl groups is 1. The second kappa shape index (κ2) is 9.65. The maximum Gasteiger partial charge on any atom is 0.300 e. The highest BCUT2D eigenvalue weighted by Crippen LogP contribution is 2.46. The van der Waals surface area contributed by atoms with Crippen molar-refractivity contribution in [3.8, 4) is 23.0 Å². The Bertz CT molecular complexity index is 1360. The summed E-state index contributed by atoms with van der Waals surface area (Å²) in [5.41, 5.74) is 1.30. The lowest BCUT2D eigenvalue weighted by Gasteiger charge is -2.27. The average Bonchev–Trinajstić information content (AvgIpc) is 3.49. The van der Waals surface area contributed by atoms with Gasteiger partial charge in [0.15, 0.2) is 11.5 Å². The van der Waals surface area contributed by atoms with Crippen LogP contribution in [0.3, 0.4) is 0 Å². The summed E-state index contributed by atoms with van der Waals surface area (Å²) in [7, 11) is 1.52. The monoisotopic (exact) mass is 487 g/mol. The molecule has 1 unspecified atom stereocenters. The van der Waals surface area contributed by atoms with Crippen LogP contribution >= 0.6 is 0 Å². The van der Waals surface area contributed by atoms with Crippen LogP contribution in [0.5, 0.6) is 23.0 Å². The van der Waals surface area contributed by atoms with Crippen LogP contribution < -0.4 is 23.8 Å². The highest BCUT2D eigenvalue weighted by Gasteiger charge is 2.48. The molecule has 0 saturated carbocycles. The first-order chi connectivity index (χ1) is 17.5. The lowest BCUT2D eigenvalue weighted by Crippen LogP contribution is -2.29. The van der Waals surface area contributed by atoms with Gasteiger partial charge >= 0.3 is 0 Å². The lowest BCUT2D eigenvalue weighted by atomic mass is 9.94. The van der Waals surface area contributed by atoms with Crippen LogP contribution in [-0.4, -0.2) is 37.3 Å². The van der Waals surface area contributed by atoms with Crippen LogP contribution in [0.1, 0.15) is 30.5 Å². The van der Waals surface area contributed by atoms with Crippen molar-refractivity contribution < 1.29 is 33.6 Å². The smallest absolute Gasteiger partial charge is 0.300 e. The molecule has 184 valence electrons. The molecule has 0 spiro atoms. The fraction of sp³-hybridized carbons (Fsp3) is 0.214. The summed E-state index contributed by atoms with van der Waals surface area (Å²) in [6.07, 6.45) is 0.825. The zero-order chi connectivity index (χ0) is 25.2. The van der Waals surface area contributed by atoms with Crippen molar-refractivity contribution in [2.24, 2.45) is 0 Å². The molecule has 1 amide bonds. The number of hydrogen-bond acceptors (Lipinski definition) is 7. The van der Waals surface area contributed by atoms with Crippen LogP contribution in [-0.2, 0) is 9.59 Å². The molecular weight excluding hydrogens is 462 g/mol. The molecule has 1 fully saturated rings. The minimum atomic E-state index is -0.937. The first kappa shape index (κ1) is 23.3. The average molecular weight is 488 g/mol. The number of benzene rings is 3. The van der Waals surface area contributed by atoms with Gasteiger partial charge in [-0.25, -0.2) is 0 Å². The van der Waals surface area contributed by atoms with E-state index in [9.17, 15) is 14.7 Å². The molecule has 3 aromatic rings. The third-order valence-corrected chi connectivity index (χ3v) is 6.09. The molecule has 36 heavy (non-hydrogen) atoms. The number of carbonyl (C=O) groups excluding carboxylic acids is 2. The Hall–Kier alpha value is -4.46. The van der Waals surface area contributed by atoms with Gasteiger partial charge in [-0.15, -0.1) is 0 Å². The van der Waals surface area contributed by atoms with Crippen LogP contribution in [0, 0.1) is 0 Å². The van der Waals surface area contributed by atoms with Crippen LogP contribution in [0.15, 0.2) is 72.3 Å². The van der Waals surface area contributed by atoms with E-state index in [-0.39, 0.29) is 18.1 Å². The summed E-state index contributed by atoms with van der Waals surface area (Å²) in [6.45, 7) is 2.59. The van der Waals surface area contributed by atoms with Crippen molar-refractivity contribution in [2.45, 2.75) is 19.4 Å². The Morgan fingerprint density at radius 2 is 1.83 bits per heavy atom. The number of ketones is 1. The van der Waals surface area contributed by atoms with Gasteiger partial charge in [-0.05, 0) is 42.8 Å². The van der Waals surface area contributed by atoms with E-state index in [4.69, 9.17) is 18.9 Å². The molecule has 0 aromatic heterocycles. The molecule has 2 heterocycles. The number of aliphatic hydroxyl groups excluding tert-OH is 1. The largest absolute Gasteiger partial charge is 0.507 e. The number of nitrogens with zero attached hydrogens (tertiary/aromatic N) is 1. The molecule has 1 N–H and O–H groups in total. The summed E-state index contributed by atoms with van der Waals surface area (Å²) in [6, 6.07) is 18.0. The standard InChI is InChI=1S/C28H25NO7/c1-3-13-34-19-8-6-7-18(15-19)29-25(20-9-4-5-10-21(20)33-2)24(27(31)28(29)32)26(30)17-11-12-22-23(14-17)36-16-35-22/h4-12,14-15,25,30H,3,13,16H2,1-2H3/b26-24+. The molecule has 5 rings (SSSR count). The fourth-order valence-corrected chi connectivity index (χ4v) is 4.43. The number of methoxy groups -OCH3 is 1. The predicted molar refractivity (Wildman–Crippen MR) is 133 cm³/mol. The summed E-state index contributed by atoms with van der Waals surface area (Å²) in [4.78, 5) is 28.3. The highest BCUT2D eigenvalue weighted by molar-refractivity contribution is 6.51. The Kier molecular flexibility index (Phi) is 6.25. The second-order valence-electron chi connectivity index (χ2n) is 8.32. The van der Waals surface area contributed by atoms with E-state index in [0.29, 0.717) is 46.4 Å². The number of carbonyl (C=O) groups is 2. The predicted octanol–water partition coefficient (Wildman–Crippen LogP) is 4.84. The van der Waals surface area contributed by atoms with E-state index in [2.05, 4.69) is 0 Å². The van der Waals surface area contributed by atoms with Crippen molar-refractivity contribution in [1.82, 2.24) is 0 Å². The Morgan fingerprint density at radius 1 is 1.03 bits per heavy atom. The number of amides is 1. The number of para-hydroxylation sites is 1. The summed E-state index contributed by atoms with van der Waals surface area (Å²) < 4.78 is 22.1. The van der Waals surface area contributed by atoms with Gasteiger partial charge in [0.1, 0.15) is 17.3 Å². The molecule has 0 radical (unpaired) electrons. The van der Waals surface area contributed by atoms with E-state index in [1.54, 1.807) is 66.7 Å². The molecule has 2 aliphatic heterocycles. The number of fused-ring (bicyclic) bond motifs is 1. The first-order valence-corrected chi connectivity index (χ1v) is 11.6. The van der Waals surface area contributed by atoms with Crippen molar-refractivity contribution in [2.75, 3.05) is 25.4 Å². The van der Waals surface area contributed by atoms with E-state index in [1.807, 2.05) is 6.92 Å². The Balaban J connectivity index is 1.69. The van der Waals surface area contributed by atoms with E-state index in [1.165, 1.54) is 12.0 Å². The topological polar surface area (TPSA) is 94.5 Å². The SMILES string of the molecule is CCCOc1cccc(N2C(=O)C(=O)/C(=C(/O)c3ccc4c(c3)OCO4)C2c2ccccc2OC)c1. The second-order valence-corrected chi connectivity index (χ2v) is 8.32. The molecule has 8 nitrogen and oxygen atoms in total. The van der Waals surface area contributed by atoms with Gasteiger partial charge < -0.3 is 24.1 Å². The number of Topliss-reactive ketones (excluding diaryl/α,β-unsaturated/α-hetero) is 1. The molecule has 0 aliphatic carbocycles. The normalized spacial score (nSPS) is 17.9. The van der Waals surface area contributed by atoms with E-state index < -0.39 is 17.7 Å². The molecule has 8 heteroatoms. The van der Waals surface area contributed by atoms with Gasteiger partial charge in [0, 0.05) is 22.9 Å². The molecule has 2 aliphatic rings. The molecule has 0 bridgehead atoms. The van der Waals surface area contributed by atoms with Crippen LogP contribution in [0.2, 0.25) is 0 Å². The minimum Gasteiger partial charge on any atom is -0.507 e. The highest BCUT2D eigenvalue weighted by atomic mass is 16.7. The summed E-state index contributed by atoms with van der Waals surface area (Å²) in [5.74, 6) is 0.153. The van der Waals surface area contributed by atoms with Gasteiger partial charge in [0.05, 0.1) is 25.3 Å². The van der Waals surface area contributed by atoms with E-state index in [0.717, 1.165) is 6.42 Å². The van der Waals surface area contributed by atoms with Gasteiger partial charge in [-0.1, -0.05) is 31.2 Å². The van der Waals surface area contributed by atoms with Gasteiger partial charge in [0.25, 0.3) is 11.7 Å². The third kappa shape index (κ3) is 4.00. The summed E-state index contributed by atoms with van der Waals surface area (Å²) in [5, 5.41) is 11.4. The van der Waals surface area contributed by atoms with Crippen molar-refractivity contribution in [1.29, 1.82) is 0 Å². The molecule has 1 atom stereocenters. The van der Waals surface area contributed by atoms with Crippen molar-refractivity contribution in [3.05, 3.63) is 83.4 Å². The minimum absolute atomic E-state index is 0.0526. The van der Waals surface area contributed by atoms with Gasteiger partial charge in [0.2, 0.25) is 6.79 Å². The Labute approximate surface area is 208 Å². The lowest BCUT2D eigenvalue weighted by molar-refractivity contribution is -0.132. The molecule has 1 saturated heterocycles. The fourth-order valence-electron chi connectivity index (χ4n) is 4.43. The van der Waals surface area contributed by atoms with Crippen molar-refractivity contribution >= 4 is 23.1 Å². The van der Waals surface area contributed by atoms with E-state index >= 15 is 0 Å². The number of anilines is 1. The zero-order valence-corrected chi connectivity index (χ0v) is 19.9. The maximum absolute atomic E-state index is 13.5. The quantitative estimate of drug-likeness (QED) is 0.290. The molecular formula is C28H25NO7. The van der Waals surface area contributed by atoms with Crippen LogP contribution in [0.25, 0.3) is 5.76 Å². The summed E-state index contributed by atoms with van der Waals surface area (Å²) >= 11 is 0. The van der Waals surface area contributed by atoms with Gasteiger partial charge in [-0.2, -0.15) is 0 Å². The third-order valence-electron chi connectivity index (χ3n) is 6.09. The zero-order valence-electron chi connectivity index (χ0n) is 19.9. The van der Waals surface area contributed by atoms with Crippen LogP contribution in [0.4, 0.5) is 5.69 Å². The first-order valence-electron chi connectivity index (χ1n) is 11.6. The number of hydrogen-bond donors (Lipinski definition) is 1. The molecule has 3 aromatic carbocycles. The van der Waals surface area contributed by atoms with Crippen molar-refractivity contribution in [3.63, 3.8) is 0 Å². The Morgan fingerprint density at radius 3 is 2.64 bits per heavy atom. The number of rotatable bonds is 7. The number of ether oxygens (including phenoxy) is 4. The maximum atomic E-state index is 13.5. The van der Waals surface area contributed by atoms with Gasteiger partial charge in [-0.3, -0.25) is 14.5 Å².